The van der Waals surface area contributed by atoms with E-state index in [0.29, 0.717) is 12.6 Å². The van der Waals surface area contributed by atoms with Gasteiger partial charge in [0, 0.05) is 19.1 Å². The van der Waals surface area contributed by atoms with Gasteiger partial charge in [-0.3, -0.25) is 0 Å². The molecule has 0 aromatic carbocycles. The van der Waals surface area contributed by atoms with E-state index in [9.17, 15) is 4.79 Å². The highest BCUT2D eigenvalue weighted by Gasteiger charge is 2.39. The number of nitrogens with zero attached hydrogens (tertiary/aromatic N) is 1. The fourth-order valence-corrected chi connectivity index (χ4v) is 3.89. The molecule has 2 rings (SSSR count). The second-order valence-corrected chi connectivity index (χ2v) is 6.57. The molecule has 2 fully saturated rings. The van der Waals surface area contributed by atoms with Gasteiger partial charge in [-0.05, 0) is 32.1 Å². The van der Waals surface area contributed by atoms with Gasteiger partial charge in [0.1, 0.15) is 0 Å². The summed E-state index contributed by atoms with van der Waals surface area (Å²) in [4.78, 5) is 14.8. The van der Waals surface area contributed by atoms with E-state index in [0.717, 1.165) is 38.6 Å². The molecule has 0 saturated heterocycles. The number of urea groups is 1. The molecule has 0 aromatic rings. The van der Waals surface area contributed by atoms with Crippen molar-refractivity contribution in [2.45, 2.75) is 82.7 Å². The zero-order valence-corrected chi connectivity index (χ0v) is 13.0. The van der Waals surface area contributed by atoms with Gasteiger partial charge in [-0.2, -0.15) is 0 Å². The van der Waals surface area contributed by atoms with Crippen LogP contribution in [0.4, 0.5) is 4.79 Å². The Bertz CT molecular complexity index is 307. The molecule has 116 valence electrons. The van der Waals surface area contributed by atoms with Crippen LogP contribution < -0.4 is 11.1 Å². The molecule has 20 heavy (non-hydrogen) atoms. The number of carbonyl (C=O) groups excluding carboxylic acids is 1. The first kappa shape index (κ1) is 15.6. The molecule has 0 unspecified atom stereocenters. The first-order valence-electron chi connectivity index (χ1n) is 8.50. The molecule has 2 saturated carbocycles. The molecule has 0 spiro atoms. The monoisotopic (exact) mass is 281 g/mol. The smallest absolute Gasteiger partial charge is 0.318 e. The SMILES string of the molecule is CCCN(C(=O)NC1CCCC1)C1(CN)CCCCC1. The van der Waals surface area contributed by atoms with Crippen molar-refractivity contribution in [2.75, 3.05) is 13.1 Å². The van der Waals surface area contributed by atoms with E-state index < -0.39 is 0 Å². The fraction of sp³-hybridized carbons (Fsp3) is 0.938. The van der Waals surface area contributed by atoms with E-state index in [4.69, 9.17) is 5.73 Å². The fourth-order valence-electron chi connectivity index (χ4n) is 3.89. The Labute approximate surface area is 123 Å². The van der Waals surface area contributed by atoms with Crippen molar-refractivity contribution in [3.8, 4) is 0 Å². The predicted molar refractivity (Wildman–Crippen MR) is 82.7 cm³/mol. The van der Waals surface area contributed by atoms with E-state index in [1.165, 1.54) is 32.1 Å². The van der Waals surface area contributed by atoms with Crippen molar-refractivity contribution in [3.63, 3.8) is 0 Å². The van der Waals surface area contributed by atoms with Gasteiger partial charge in [0.25, 0.3) is 0 Å². The summed E-state index contributed by atoms with van der Waals surface area (Å²) in [6.45, 7) is 3.57. The second-order valence-electron chi connectivity index (χ2n) is 6.57. The van der Waals surface area contributed by atoms with E-state index in [1.54, 1.807) is 0 Å². The molecule has 4 heteroatoms. The van der Waals surface area contributed by atoms with Gasteiger partial charge in [0.2, 0.25) is 0 Å². The lowest BCUT2D eigenvalue weighted by atomic mass is 9.80. The van der Waals surface area contributed by atoms with Crippen molar-refractivity contribution in [1.29, 1.82) is 0 Å². The number of amides is 2. The number of carbonyl (C=O) groups is 1. The minimum atomic E-state index is -0.0864. The number of nitrogens with two attached hydrogens (primary N) is 1. The van der Waals surface area contributed by atoms with Gasteiger partial charge in [0.05, 0.1) is 5.54 Å². The van der Waals surface area contributed by atoms with Gasteiger partial charge >= 0.3 is 6.03 Å². The maximum Gasteiger partial charge on any atom is 0.318 e. The maximum absolute atomic E-state index is 12.7. The molecule has 2 aliphatic carbocycles. The zero-order valence-electron chi connectivity index (χ0n) is 13.0. The van der Waals surface area contributed by atoms with Crippen LogP contribution in [0.3, 0.4) is 0 Å². The largest absolute Gasteiger partial charge is 0.335 e. The Morgan fingerprint density at radius 1 is 1.20 bits per heavy atom. The van der Waals surface area contributed by atoms with Crippen molar-refractivity contribution < 1.29 is 4.79 Å². The van der Waals surface area contributed by atoms with Crippen LogP contribution in [0.2, 0.25) is 0 Å². The third-order valence-electron chi connectivity index (χ3n) is 5.11. The summed E-state index contributed by atoms with van der Waals surface area (Å²) < 4.78 is 0. The number of hydrogen-bond acceptors (Lipinski definition) is 2. The average Bonchev–Trinajstić information content (AvgIpc) is 2.98. The summed E-state index contributed by atoms with van der Waals surface area (Å²) in [5.74, 6) is 0. The molecule has 0 heterocycles. The molecular weight excluding hydrogens is 250 g/mol. The first-order valence-corrected chi connectivity index (χ1v) is 8.50. The summed E-state index contributed by atoms with van der Waals surface area (Å²) >= 11 is 0. The summed E-state index contributed by atoms with van der Waals surface area (Å²) in [6.07, 6.45) is 11.6. The quantitative estimate of drug-likeness (QED) is 0.814. The lowest BCUT2D eigenvalue weighted by Crippen LogP contribution is -2.60. The summed E-state index contributed by atoms with van der Waals surface area (Å²) in [7, 11) is 0. The Morgan fingerprint density at radius 3 is 2.40 bits per heavy atom. The third-order valence-corrected chi connectivity index (χ3v) is 5.11. The van der Waals surface area contributed by atoms with Crippen LogP contribution in [0.15, 0.2) is 0 Å². The second kappa shape index (κ2) is 7.30. The molecule has 0 aromatic heterocycles. The predicted octanol–water partition coefficient (Wildman–Crippen LogP) is 3.01. The minimum absolute atomic E-state index is 0.0864. The minimum Gasteiger partial charge on any atom is -0.335 e. The molecule has 2 aliphatic rings. The van der Waals surface area contributed by atoms with E-state index in [2.05, 4.69) is 17.1 Å². The lowest BCUT2D eigenvalue weighted by molar-refractivity contribution is 0.0818. The van der Waals surface area contributed by atoms with Gasteiger partial charge in [-0.1, -0.05) is 39.0 Å². The third kappa shape index (κ3) is 3.46. The molecule has 3 N–H and O–H groups in total. The molecule has 0 aliphatic heterocycles. The van der Waals surface area contributed by atoms with Crippen molar-refractivity contribution >= 4 is 6.03 Å². The van der Waals surface area contributed by atoms with Crippen molar-refractivity contribution in [1.82, 2.24) is 10.2 Å². The topological polar surface area (TPSA) is 58.4 Å². The van der Waals surface area contributed by atoms with Crippen molar-refractivity contribution in [3.05, 3.63) is 0 Å². The van der Waals surface area contributed by atoms with E-state index in [-0.39, 0.29) is 11.6 Å². The van der Waals surface area contributed by atoms with Gasteiger partial charge in [-0.25, -0.2) is 4.79 Å². The highest BCUT2D eigenvalue weighted by molar-refractivity contribution is 5.75. The molecule has 0 radical (unpaired) electrons. The van der Waals surface area contributed by atoms with Crippen LogP contribution in [0.5, 0.6) is 0 Å². The molecule has 0 bridgehead atoms. The van der Waals surface area contributed by atoms with Crippen LogP contribution in [0.25, 0.3) is 0 Å². The highest BCUT2D eigenvalue weighted by atomic mass is 16.2. The van der Waals surface area contributed by atoms with E-state index in [1.807, 2.05) is 0 Å². The molecule has 2 amide bonds. The lowest BCUT2D eigenvalue weighted by Gasteiger charge is -2.46. The van der Waals surface area contributed by atoms with Gasteiger partial charge in [-0.15, -0.1) is 0 Å². The summed E-state index contributed by atoms with van der Waals surface area (Å²) in [6, 6.07) is 0.520. The van der Waals surface area contributed by atoms with E-state index >= 15 is 0 Å². The normalized spacial score (nSPS) is 22.7. The zero-order chi connectivity index (χ0) is 14.4. The Balaban J connectivity index is 2.04. The van der Waals surface area contributed by atoms with Gasteiger partial charge < -0.3 is 16.0 Å². The number of rotatable bonds is 5. The Hall–Kier alpha value is -0.770. The standard InChI is InChI=1S/C16H31N3O/c1-2-12-19(15(20)18-14-8-4-5-9-14)16(13-17)10-6-3-7-11-16/h14H,2-13,17H2,1H3,(H,18,20). The molecular formula is C16H31N3O. The van der Waals surface area contributed by atoms with Crippen LogP contribution in [0.1, 0.15) is 71.1 Å². The average molecular weight is 281 g/mol. The Kier molecular flexibility index (Phi) is 5.70. The Morgan fingerprint density at radius 2 is 1.85 bits per heavy atom. The van der Waals surface area contributed by atoms with Crippen LogP contribution >= 0.6 is 0 Å². The van der Waals surface area contributed by atoms with Gasteiger partial charge in [0.15, 0.2) is 0 Å². The molecule has 4 nitrogen and oxygen atoms in total. The molecule has 0 atom stereocenters. The number of nitrogens with one attached hydrogen (secondary N) is 1. The highest BCUT2D eigenvalue weighted by Crippen LogP contribution is 2.33. The van der Waals surface area contributed by atoms with Crippen LogP contribution in [0, 0.1) is 0 Å². The van der Waals surface area contributed by atoms with Crippen LogP contribution in [-0.2, 0) is 0 Å². The first-order chi connectivity index (χ1) is 9.72. The summed E-state index contributed by atoms with van der Waals surface area (Å²) in [5, 5.41) is 3.25. The number of hydrogen-bond donors (Lipinski definition) is 2. The van der Waals surface area contributed by atoms with Crippen LogP contribution in [-0.4, -0.2) is 35.6 Å². The maximum atomic E-state index is 12.7. The summed E-state index contributed by atoms with van der Waals surface area (Å²) in [5.41, 5.74) is 6.01. The van der Waals surface area contributed by atoms with Crippen molar-refractivity contribution in [2.24, 2.45) is 5.73 Å².